The Morgan fingerprint density at radius 3 is 2.41 bits per heavy atom. The monoisotopic (exact) mass is 285 g/mol. The van der Waals surface area contributed by atoms with Crippen LogP contribution in [0.1, 0.15) is 27.6 Å². The van der Waals surface area contributed by atoms with Crippen molar-refractivity contribution in [1.82, 2.24) is 0 Å². The average molecular weight is 286 g/mol. The van der Waals surface area contributed by atoms with Gasteiger partial charge < -0.3 is 5.73 Å². The van der Waals surface area contributed by atoms with Gasteiger partial charge in [0.05, 0.1) is 10.4 Å². The predicted molar refractivity (Wildman–Crippen MR) is 76.3 cm³/mol. The van der Waals surface area contributed by atoms with E-state index < -0.39 is 0 Å². The zero-order chi connectivity index (χ0) is 12.6. The molecule has 1 atom stereocenters. The standard InChI is InChI=1S/C13H13Cl2NS/c1-7-3-4-9(10(14)5-7)12(16)11-6-8(2)13(15)17-11/h3-6,12H,16H2,1-2H3. The molecular weight excluding hydrogens is 273 g/mol. The van der Waals surface area contributed by atoms with Gasteiger partial charge in [-0.1, -0.05) is 35.3 Å². The van der Waals surface area contributed by atoms with Crippen molar-refractivity contribution in [2.45, 2.75) is 19.9 Å². The second-order valence-electron chi connectivity index (χ2n) is 4.11. The third-order valence-electron chi connectivity index (χ3n) is 2.67. The summed E-state index contributed by atoms with van der Waals surface area (Å²) < 4.78 is 0.790. The van der Waals surface area contributed by atoms with E-state index in [0.717, 1.165) is 25.9 Å². The van der Waals surface area contributed by atoms with Crippen molar-refractivity contribution < 1.29 is 0 Å². The predicted octanol–water partition coefficient (Wildman–Crippen LogP) is 4.72. The van der Waals surface area contributed by atoms with Crippen LogP contribution >= 0.6 is 34.5 Å². The van der Waals surface area contributed by atoms with Crippen LogP contribution in [0.25, 0.3) is 0 Å². The first-order valence-corrected chi connectivity index (χ1v) is 6.83. The summed E-state index contributed by atoms with van der Waals surface area (Å²) in [5.74, 6) is 0. The molecule has 2 N–H and O–H groups in total. The molecule has 0 spiro atoms. The van der Waals surface area contributed by atoms with Gasteiger partial charge >= 0.3 is 0 Å². The molecule has 0 bridgehead atoms. The molecular formula is C13H13Cl2NS. The Morgan fingerprint density at radius 1 is 1.18 bits per heavy atom. The molecule has 4 heteroatoms. The fraction of sp³-hybridized carbons (Fsp3) is 0.231. The molecule has 0 aliphatic carbocycles. The molecule has 2 rings (SSSR count). The van der Waals surface area contributed by atoms with Gasteiger partial charge in [0.15, 0.2) is 0 Å². The van der Waals surface area contributed by atoms with Crippen molar-refractivity contribution in [1.29, 1.82) is 0 Å². The Kier molecular flexibility index (Phi) is 3.79. The molecule has 2 aromatic rings. The van der Waals surface area contributed by atoms with Gasteiger partial charge in [0, 0.05) is 9.90 Å². The molecule has 1 aromatic carbocycles. The summed E-state index contributed by atoms with van der Waals surface area (Å²) in [6, 6.07) is 7.74. The summed E-state index contributed by atoms with van der Waals surface area (Å²) in [7, 11) is 0. The minimum absolute atomic E-state index is 0.209. The highest BCUT2D eigenvalue weighted by Gasteiger charge is 2.15. The smallest absolute Gasteiger partial charge is 0.0961 e. The molecule has 17 heavy (non-hydrogen) atoms. The summed E-state index contributed by atoms with van der Waals surface area (Å²) in [5.41, 5.74) is 9.35. The van der Waals surface area contributed by atoms with Gasteiger partial charge in [0.2, 0.25) is 0 Å². The van der Waals surface area contributed by atoms with E-state index in [4.69, 9.17) is 28.9 Å². The van der Waals surface area contributed by atoms with Crippen molar-refractivity contribution in [2.75, 3.05) is 0 Å². The first kappa shape index (κ1) is 12.9. The number of thiophene rings is 1. The highest BCUT2D eigenvalue weighted by Crippen LogP contribution is 2.35. The van der Waals surface area contributed by atoms with Crippen LogP contribution in [0, 0.1) is 13.8 Å². The Balaban J connectivity index is 2.39. The lowest BCUT2D eigenvalue weighted by Crippen LogP contribution is -2.10. The van der Waals surface area contributed by atoms with Gasteiger partial charge in [-0.15, -0.1) is 11.3 Å². The average Bonchev–Trinajstić information content (AvgIpc) is 2.58. The molecule has 1 aromatic heterocycles. The van der Waals surface area contributed by atoms with E-state index in [1.807, 2.05) is 38.1 Å². The number of halogens is 2. The molecule has 1 nitrogen and oxygen atoms in total. The summed E-state index contributed by atoms with van der Waals surface area (Å²) in [6.07, 6.45) is 0. The van der Waals surface area contributed by atoms with E-state index in [2.05, 4.69) is 0 Å². The molecule has 0 saturated heterocycles. The number of benzene rings is 1. The Morgan fingerprint density at radius 2 is 1.88 bits per heavy atom. The maximum absolute atomic E-state index is 6.22. The lowest BCUT2D eigenvalue weighted by Gasteiger charge is -2.12. The normalized spacial score (nSPS) is 12.8. The second-order valence-corrected chi connectivity index (χ2v) is 6.20. The summed E-state index contributed by atoms with van der Waals surface area (Å²) in [6.45, 7) is 3.99. The van der Waals surface area contributed by atoms with Gasteiger partial charge in [0.25, 0.3) is 0 Å². The van der Waals surface area contributed by atoms with E-state index in [9.17, 15) is 0 Å². The Hall–Kier alpha value is -0.540. The fourth-order valence-electron chi connectivity index (χ4n) is 1.67. The van der Waals surface area contributed by atoms with Crippen molar-refractivity contribution in [3.8, 4) is 0 Å². The van der Waals surface area contributed by atoms with Crippen molar-refractivity contribution in [2.24, 2.45) is 5.73 Å². The molecule has 90 valence electrons. The van der Waals surface area contributed by atoms with Crippen LogP contribution in [0.3, 0.4) is 0 Å². The maximum Gasteiger partial charge on any atom is 0.0961 e. The van der Waals surface area contributed by atoms with Crippen LogP contribution in [0.5, 0.6) is 0 Å². The van der Waals surface area contributed by atoms with Crippen LogP contribution in [-0.4, -0.2) is 0 Å². The molecule has 0 radical (unpaired) electrons. The van der Waals surface area contributed by atoms with Gasteiger partial charge in [0.1, 0.15) is 0 Å². The lowest BCUT2D eigenvalue weighted by atomic mass is 10.0. The minimum Gasteiger partial charge on any atom is -0.320 e. The lowest BCUT2D eigenvalue weighted by molar-refractivity contribution is 0.892. The number of nitrogens with two attached hydrogens (primary N) is 1. The zero-order valence-corrected chi connectivity index (χ0v) is 12.0. The number of hydrogen-bond donors (Lipinski definition) is 1. The molecule has 0 fully saturated rings. The Bertz CT molecular complexity index is 529. The Labute approximate surface area is 115 Å². The largest absolute Gasteiger partial charge is 0.320 e. The molecule has 0 saturated carbocycles. The van der Waals surface area contributed by atoms with Crippen LogP contribution in [-0.2, 0) is 0 Å². The minimum atomic E-state index is -0.209. The van der Waals surface area contributed by atoms with E-state index in [0.29, 0.717) is 5.02 Å². The van der Waals surface area contributed by atoms with E-state index in [1.165, 1.54) is 11.3 Å². The number of aryl methyl sites for hydroxylation is 2. The summed E-state index contributed by atoms with van der Waals surface area (Å²) in [4.78, 5) is 1.04. The van der Waals surface area contributed by atoms with Crippen molar-refractivity contribution >= 4 is 34.5 Å². The van der Waals surface area contributed by atoms with E-state index >= 15 is 0 Å². The topological polar surface area (TPSA) is 26.0 Å². The van der Waals surface area contributed by atoms with Crippen molar-refractivity contribution in [3.05, 3.63) is 55.2 Å². The van der Waals surface area contributed by atoms with Crippen LogP contribution < -0.4 is 5.73 Å². The maximum atomic E-state index is 6.22. The summed E-state index contributed by atoms with van der Waals surface area (Å²) >= 11 is 13.8. The molecule has 0 amide bonds. The first-order chi connectivity index (χ1) is 7.99. The second kappa shape index (κ2) is 4.99. The van der Waals surface area contributed by atoms with Crippen LogP contribution in [0.2, 0.25) is 9.36 Å². The molecule has 1 unspecified atom stereocenters. The molecule has 0 aliphatic heterocycles. The van der Waals surface area contributed by atoms with Gasteiger partial charge in [-0.25, -0.2) is 0 Å². The van der Waals surface area contributed by atoms with E-state index in [-0.39, 0.29) is 6.04 Å². The quantitative estimate of drug-likeness (QED) is 0.849. The van der Waals surface area contributed by atoms with Gasteiger partial charge in [-0.05, 0) is 42.7 Å². The SMILES string of the molecule is Cc1ccc(C(N)c2cc(C)c(Cl)s2)c(Cl)c1. The van der Waals surface area contributed by atoms with E-state index in [1.54, 1.807) is 0 Å². The highest BCUT2D eigenvalue weighted by atomic mass is 35.5. The van der Waals surface area contributed by atoms with Gasteiger partial charge in [-0.3, -0.25) is 0 Å². The zero-order valence-electron chi connectivity index (χ0n) is 9.63. The number of hydrogen-bond acceptors (Lipinski definition) is 2. The van der Waals surface area contributed by atoms with Gasteiger partial charge in [-0.2, -0.15) is 0 Å². The molecule has 1 heterocycles. The fourth-order valence-corrected chi connectivity index (χ4v) is 3.27. The first-order valence-electron chi connectivity index (χ1n) is 5.26. The van der Waals surface area contributed by atoms with Crippen LogP contribution in [0.15, 0.2) is 24.3 Å². The summed E-state index contributed by atoms with van der Waals surface area (Å²) in [5, 5.41) is 0.708. The van der Waals surface area contributed by atoms with Crippen molar-refractivity contribution in [3.63, 3.8) is 0 Å². The van der Waals surface area contributed by atoms with Crippen LogP contribution in [0.4, 0.5) is 0 Å². The highest BCUT2D eigenvalue weighted by molar-refractivity contribution is 7.16. The third-order valence-corrected chi connectivity index (χ3v) is 4.64. The third kappa shape index (κ3) is 2.66. The molecule has 0 aliphatic rings. The number of rotatable bonds is 2.